The number of methoxy groups -OCH3 is 1. The molecule has 0 unspecified atom stereocenters. The second kappa shape index (κ2) is 5.13. The van der Waals surface area contributed by atoms with Crippen LogP contribution in [0.3, 0.4) is 0 Å². The summed E-state index contributed by atoms with van der Waals surface area (Å²) >= 11 is 0. The average molecular weight is 270 g/mol. The highest BCUT2D eigenvalue weighted by atomic mass is 19.2. The number of nitrogens with two attached hydrogens (primary N) is 1. The van der Waals surface area contributed by atoms with Gasteiger partial charge in [0.05, 0.1) is 17.7 Å². The summed E-state index contributed by atoms with van der Waals surface area (Å²) in [5, 5.41) is 2.32. The van der Waals surface area contributed by atoms with Gasteiger partial charge in [-0.1, -0.05) is 0 Å². The Morgan fingerprint density at radius 1 is 1.47 bits per heavy atom. The van der Waals surface area contributed by atoms with Gasteiger partial charge in [-0.25, -0.2) is 8.78 Å². The zero-order chi connectivity index (χ0) is 14.0. The lowest BCUT2D eigenvalue weighted by Gasteiger charge is -2.39. The van der Waals surface area contributed by atoms with E-state index in [-0.39, 0.29) is 17.8 Å². The van der Waals surface area contributed by atoms with Crippen LogP contribution in [0.25, 0.3) is 0 Å². The van der Waals surface area contributed by atoms with Crippen molar-refractivity contribution in [3.05, 3.63) is 23.8 Å². The molecule has 0 atom stereocenters. The van der Waals surface area contributed by atoms with E-state index < -0.39 is 23.1 Å². The van der Waals surface area contributed by atoms with Crippen molar-refractivity contribution >= 4 is 17.3 Å². The summed E-state index contributed by atoms with van der Waals surface area (Å²) in [5.41, 5.74) is 4.74. The fourth-order valence-corrected chi connectivity index (χ4v) is 2.19. The van der Waals surface area contributed by atoms with E-state index >= 15 is 0 Å². The lowest BCUT2D eigenvalue weighted by Crippen LogP contribution is -2.42. The number of carbonyl (C=O) groups is 1. The monoisotopic (exact) mass is 270 g/mol. The second-order valence-corrected chi connectivity index (χ2v) is 4.79. The van der Waals surface area contributed by atoms with E-state index in [1.54, 1.807) is 7.11 Å². The number of hydrogen-bond donors (Lipinski definition) is 2. The second-order valence-electron chi connectivity index (χ2n) is 4.79. The quantitative estimate of drug-likeness (QED) is 0.826. The maximum atomic E-state index is 13.5. The smallest absolute Gasteiger partial charge is 0.227 e. The number of anilines is 2. The van der Waals surface area contributed by atoms with Gasteiger partial charge in [0, 0.05) is 7.11 Å². The number of carbonyl (C=O) groups excluding carboxylic acids is 1. The van der Waals surface area contributed by atoms with Gasteiger partial charge in [-0.3, -0.25) is 4.79 Å². The molecule has 1 aromatic carbocycles. The van der Waals surface area contributed by atoms with Crippen molar-refractivity contribution in [1.82, 2.24) is 0 Å². The average Bonchev–Trinajstić information content (AvgIpc) is 2.34. The maximum absolute atomic E-state index is 13.5. The third-order valence-electron chi connectivity index (χ3n) is 3.57. The number of hydrogen-bond acceptors (Lipinski definition) is 3. The van der Waals surface area contributed by atoms with Gasteiger partial charge >= 0.3 is 0 Å². The van der Waals surface area contributed by atoms with Gasteiger partial charge in [-0.2, -0.15) is 0 Å². The van der Waals surface area contributed by atoms with Crippen molar-refractivity contribution in [3.63, 3.8) is 0 Å². The number of halogens is 2. The number of nitrogen functional groups attached to an aromatic ring is 1. The number of benzene rings is 1. The number of ether oxygens (including phenoxy) is 1. The van der Waals surface area contributed by atoms with Gasteiger partial charge in [0.25, 0.3) is 0 Å². The van der Waals surface area contributed by atoms with Gasteiger partial charge in [0.2, 0.25) is 5.91 Å². The number of nitrogens with one attached hydrogen (secondary N) is 1. The first kappa shape index (κ1) is 13.7. The molecule has 1 aromatic rings. The molecular formula is C13H16F2N2O2. The van der Waals surface area contributed by atoms with Crippen LogP contribution in [-0.2, 0) is 9.53 Å². The van der Waals surface area contributed by atoms with E-state index in [1.165, 1.54) is 6.07 Å². The summed E-state index contributed by atoms with van der Waals surface area (Å²) in [4.78, 5) is 11.9. The summed E-state index contributed by atoms with van der Waals surface area (Å²) in [5.74, 6) is -2.62. The molecule has 1 saturated carbocycles. The molecule has 0 bridgehead atoms. The fraction of sp³-hybridized carbons (Fsp3) is 0.462. The predicted octanol–water partition coefficient (Wildman–Crippen LogP) is 2.44. The Labute approximate surface area is 109 Å². The zero-order valence-electron chi connectivity index (χ0n) is 10.6. The molecule has 104 valence electrons. The molecule has 19 heavy (non-hydrogen) atoms. The van der Waals surface area contributed by atoms with Gasteiger partial charge in [0.15, 0.2) is 11.6 Å². The highest BCUT2D eigenvalue weighted by Gasteiger charge is 2.39. The van der Waals surface area contributed by atoms with Crippen molar-refractivity contribution in [2.24, 2.45) is 0 Å². The van der Waals surface area contributed by atoms with Crippen LogP contribution < -0.4 is 11.1 Å². The SMILES string of the molecule is COC1(CC(=O)Nc2c(N)ccc(F)c2F)CCC1. The van der Waals surface area contributed by atoms with Gasteiger partial charge < -0.3 is 15.8 Å². The van der Waals surface area contributed by atoms with Crippen molar-refractivity contribution < 1.29 is 18.3 Å². The maximum Gasteiger partial charge on any atom is 0.227 e. The minimum atomic E-state index is -1.14. The van der Waals surface area contributed by atoms with Crippen LogP contribution in [0.4, 0.5) is 20.2 Å². The summed E-state index contributed by atoms with van der Waals surface area (Å²) in [6, 6.07) is 2.13. The summed E-state index contributed by atoms with van der Waals surface area (Å²) in [6.45, 7) is 0. The molecule has 1 amide bonds. The molecule has 4 nitrogen and oxygen atoms in total. The van der Waals surface area contributed by atoms with Crippen molar-refractivity contribution in [2.45, 2.75) is 31.3 Å². The molecule has 0 radical (unpaired) electrons. The van der Waals surface area contributed by atoms with Gasteiger partial charge in [-0.15, -0.1) is 0 Å². The van der Waals surface area contributed by atoms with Crippen LogP contribution in [0.15, 0.2) is 12.1 Å². The third kappa shape index (κ3) is 2.68. The number of rotatable bonds is 4. The Balaban J connectivity index is 2.09. The molecule has 1 aliphatic rings. The topological polar surface area (TPSA) is 64.3 Å². The Kier molecular flexibility index (Phi) is 3.71. The third-order valence-corrected chi connectivity index (χ3v) is 3.57. The Morgan fingerprint density at radius 2 is 2.16 bits per heavy atom. The highest BCUT2D eigenvalue weighted by molar-refractivity contribution is 5.94. The van der Waals surface area contributed by atoms with Gasteiger partial charge in [-0.05, 0) is 31.4 Å². The standard InChI is InChI=1S/C13H16F2N2O2/c1-19-13(5-2-6-13)7-10(18)17-12-9(16)4-3-8(14)11(12)15/h3-4H,2,5-7,16H2,1H3,(H,17,18). The molecule has 0 saturated heterocycles. The largest absolute Gasteiger partial charge is 0.397 e. The van der Waals surface area contributed by atoms with Crippen LogP contribution in [0.5, 0.6) is 0 Å². The summed E-state index contributed by atoms with van der Waals surface area (Å²) in [7, 11) is 1.55. The highest BCUT2D eigenvalue weighted by Crippen LogP contribution is 2.38. The summed E-state index contributed by atoms with van der Waals surface area (Å²) in [6.07, 6.45) is 2.69. The van der Waals surface area contributed by atoms with Crippen LogP contribution in [0, 0.1) is 11.6 Å². The molecule has 6 heteroatoms. The van der Waals surface area contributed by atoms with Crippen LogP contribution in [0.1, 0.15) is 25.7 Å². The Hall–Kier alpha value is -1.69. The normalized spacial score (nSPS) is 16.8. The van der Waals surface area contributed by atoms with Crippen LogP contribution >= 0.6 is 0 Å². The van der Waals surface area contributed by atoms with Crippen LogP contribution in [-0.4, -0.2) is 18.6 Å². The Bertz CT molecular complexity index is 496. The van der Waals surface area contributed by atoms with Crippen LogP contribution in [0.2, 0.25) is 0 Å². The fourth-order valence-electron chi connectivity index (χ4n) is 2.19. The minimum absolute atomic E-state index is 0.00711. The Morgan fingerprint density at radius 3 is 2.68 bits per heavy atom. The molecule has 1 aliphatic carbocycles. The molecule has 0 aromatic heterocycles. The van der Waals surface area contributed by atoms with E-state index in [2.05, 4.69) is 5.32 Å². The molecule has 0 aliphatic heterocycles. The summed E-state index contributed by atoms with van der Waals surface area (Å²) < 4.78 is 31.9. The zero-order valence-corrected chi connectivity index (χ0v) is 10.6. The first-order valence-corrected chi connectivity index (χ1v) is 6.06. The molecule has 3 N–H and O–H groups in total. The molecule has 1 fully saturated rings. The van der Waals surface area contributed by atoms with Crippen molar-refractivity contribution in [2.75, 3.05) is 18.2 Å². The van der Waals surface area contributed by atoms with Gasteiger partial charge in [0.1, 0.15) is 5.69 Å². The molecule has 0 heterocycles. The van der Waals surface area contributed by atoms with E-state index in [0.29, 0.717) is 0 Å². The van der Waals surface area contributed by atoms with E-state index in [4.69, 9.17) is 10.5 Å². The molecule has 0 spiro atoms. The van der Waals surface area contributed by atoms with Crippen molar-refractivity contribution in [3.8, 4) is 0 Å². The van der Waals surface area contributed by atoms with Crippen molar-refractivity contribution in [1.29, 1.82) is 0 Å². The molecular weight excluding hydrogens is 254 g/mol. The number of amides is 1. The lowest BCUT2D eigenvalue weighted by atomic mass is 9.77. The van der Waals surface area contributed by atoms with E-state index in [9.17, 15) is 13.6 Å². The first-order chi connectivity index (χ1) is 8.97. The lowest BCUT2D eigenvalue weighted by molar-refractivity contribution is -0.129. The minimum Gasteiger partial charge on any atom is -0.397 e. The van der Waals surface area contributed by atoms with E-state index in [1.807, 2.05) is 0 Å². The first-order valence-electron chi connectivity index (χ1n) is 6.06. The predicted molar refractivity (Wildman–Crippen MR) is 67.6 cm³/mol. The molecule has 2 rings (SSSR count). The van der Waals surface area contributed by atoms with E-state index in [0.717, 1.165) is 25.3 Å².